The number of nitrogens with one attached hydrogen (secondary N) is 1. The fourth-order valence-corrected chi connectivity index (χ4v) is 4.95. The minimum Gasteiger partial charge on any atom is -0.493 e. The summed E-state index contributed by atoms with van der Waals surface area (Å²) < 4.78 is 10.7. The van der Waals surface area contributed by atoms with Crippen molar-refractivity contribution in [3.8, 4) is 33.3 Å². The van der Waals surface area contributed by atoms with Crippen LogP contribution in [0.2, 0.25) is 0 Å². The van der Waals surface area contributed by atoms with Gasteiger partial charge in [-0.3, -0.25) is 4.79 Å². The van der Waals surface area contributed by atoms with Crippen molar-refractivity contribution in [3.63, 3.8) is 0 Å². The summed E-state index contributed by atoms with van der Waals surface area (Å²) in [5.74, 6) is 2.23. The Balaban J connectivity index is 1.10. The number of thiazole rings is 1. The van der Waals surface area contributed by atoms with Crippen LogP contribution in [-0.4, -0.2) is 54.7 Å². The van der Waals surface area contributed by atoms with Crippen LogP contribution in [0.4, 0.5) is 5.82 Å². The fourth-order valence-electron chi connectivity index (χ4n) is 4.10. The molecular formula is C27H27N5O3S. The fraction of sp³-hybridized carbons (Fsp3) is 0.259. The monoisotopic (exact) mass is 501 g/mol. The van der Waals surface area contributed by atoms with Crippen LogP contribution >= 0.6 is 11.3 Å². The molecule has 4 aromatic rings. The zero-order valence-corrected chi connectivity index (χ0v) is 21.0. The number of benzene rings is 2. The van der Waals surface area contributed by atoms with Gasteiger partial charge in [0.25, 0.3) is 0 Å². The molecule has 1 N–H and O–H groups in total. The molecule has 0 aliphatic carbocycles. The summed E-state index contributed by atoms with van der Waals surface area (Å²) in [5.41, 5.74) is 3.86. The van der Waals surface area contributed by atoms with Gasteiger partial charge in [0.2, 0.25) is 5.91 Å². The number of carbonyl (C=O) groups excluding carboxylic acids is 1. The molecule has 1 fully saturated rings. The molecule has 5 rings (SSSR count). The molecule has 0 radical (unpaired) electrons. The number of rotatable bonds is 9. The van der Waals surface area contributed by atoms with Crippen LogP contribution in [0, 0.1) is 5.92 Å². The van der Waals surface area contributed by atoms with E-state index >= 15 is 0 Å². The number of hydrogen-bond acceptors (Lipinski definition) is 8. The van der Waals surface area contributed by atoms with E-state index in [4.69, 9.17) is 14.5 Å². The lowest BCUT2D eigenvalue weighted by Gasteiger charge is -2.39. The zero-order chi connectivity index (χ0) is 24.9. The molecule has 9 heteroatoms. The van der Waals surface area contributed by atoms with E-state index < -0.39 is 0 Å². The lowest BCUT2D eigenvalue weighted by atomic mass is 9.99. The first-order chi connectivity index (χ1) is 17.6. The van der Waals surface area contributed by atoms with E-state index in [1.54, 1.807) is 31.9 Å². The van der Waals surface area contributed by atoms with Crippen molar-refractivity contribution in [1.82, 2.24) is 20.3 Å². The molecule has 1 aliphatic rings. The first-order valence-corrected chi connectivity index (χ1v) is 12.6. The van der Waals surface area contributed by atoms with Crippen LogP contribution in [0.5, 0.6) is 11.5 Å². The predicted molar refractivity (Wildman–Crippen MR) is 141 cm³/mol. The molecule has 0 spiro atoms. The number of anilines is 1. The Morgan fingerprint density at radius 2 is 1.83 bits per heavy atom. The van der Waals surface area contributed by atoms with E-state index in [1.807, 2.05) is 60.0 Å². The number of aromatic nitrogens is 3. The van der Waals surface area contributed by atoms with Gasteiger partial charge >= 0.3 is 0 Å². The van der Waals surface area contributed by atoms with Crippen molar-refractivity contribution >= 4 is 23.1 Å². The highest BCUT2D eigenvalue weighted by Crippen LogP contribution is 2.33. The molecule has 1 amide bonds. The van der Waals surface area contributed by atoms with E-state index in [1.165, 1.54) is 0 Å². The van der Waals surface area contributed by atoms with Crippen LogP contribution in [0.25, 0.3) is 21.8 Å². The first-order valence-electron chi connectivity index (χ1n) is 11.7. The molecule has 3 heterocycles. The van der Waals surface area contributed by atoms with Gasteiger partial charge in [-0.1, -0.05) is 30.3 Å². The lowest BCUT2D eigenvalue weighted by Crippen LogP contribution is -2.54. The van der Waals surface area contributed by atoms with Gasteiger partial charge < -0.3 is 19.7 Å². The summed E-state index contributed by atoms with van der Waals surface area (Å²) in [6.45, 7) is 1.85. The molecule has 184 valence electrons. The molecular weight excluding hydrogens is 474 g/mol. The summed E-state index contributed by atoms with van der Waals surface area (Å²) in [4.78, 5) is 28.2. The van der Waals surface area contributed by atoms with Gasteiger partial charge in [0.1, 0.15) is 17.2 Å². The van der Waals surface area contributed by atoms with Crippen LogP contribution in [0.3, 0.4) is 0 Å². The predicted octanol–water partition coefficient (Wildman–Crippen LogP) is 4.08. The maximum absolute atomic E-state index is 12.6. The van der Waals surface area contributed by atoms with Gasteiger partial charge in [0, 0.05) is 48.6 Å². The number of methoxy groups -OCH3 is 2. The highest BCUT2D eigenvalue weighted by Gasteiger charge is 2.33. The Hall–Kier alpha value is -3.98. The number of ether oxygens (including phenoxy) is 2. The smallest absolute Gasteiger partial charge is 0.226 e. The van der Waals surface area contributed by atoms with Crippen molar-refractivity contribution in [2.75, 3.05) is 38.8 Å². The number of carbonyl (C=O) groups is 1. The van der Waals surface area contributed by atoms with E-state index in [0.717, 1.165) is 33.3 Å². The van der Waals surface area contributed by atoms with Gasteiger partial charge in [-0.05, 0) is 18.2 Å². The van der Waals surface area contributed by atoms with Gasteiger partial charge in [-0.15, -0.1) is 11.3 Å². The van der Waals surface area contributed by atoms with Crippen molar-refractivity contribution in [2.45, 2.75) is 6.42 Å². The molecule has 0 atom stereocenters. The second kappa shape index (κ2) is 10.7. The Labute approximate surface area is 214 Å². The number of hydrogen-bond donors (Lipinski definition) is 1. The summed E-state index contributed by atoms with van der Waals surface area (Å²) in [5, 5.41) is 5.99. The normalized spacial score (nSPS) is 13.2. The van der Waals surface area contributed by atoms with E-state index in [0.29, 0.717) is 37.6 Å². The Morgan fingerprint density at radius 3 is 2.61 bits per heavy atom. The third-order valence-electron chi connectivity index (χ3n) is 6.16. The molecule has 2 aromatic carbocycles. The van der Waals surface area contributed by atoms with Gasteiger partial charge in [0.15, 0.2) is 11.5 Å². The van der Waals surface area contributed by atoms with Crippen molar-refractivity contribution < 1.29 is 14.3 Å². The van der Waals surface area contributed by atoms with Crippen LogP contribution in [0.15, 0.2) is 66.3 Å². The van der Waals surface area contributed by atoms with Crippen molar-refractivity contribution in [3.05, 3.63) is 72.0 Å². The quantitative estimate of drug-likeness (QED) is 0.370. The van der Waals surface area contributed by atoms with Gasteiger partial charge in [-0.25, -0.2) is 15.0 Å². The molecule has 1 saturated heterocycles. The SMILES string of the molecule is COc1ccc(-c2nc(CCNC(=O)C3CN(c4cc(-c5ccccc5)ncn4)C3)cs2)cc1OC. The first kappa shape index (κ1) is 23.7. The highest BCUT2D eigenvalue weighted by atomic mass is 32.1. The third kappa shape index (κ3) is 5.16. The molecule has 0 bridgehead atoms. The van der Waals surface area contributed by atoms with Gasteiger partial charge in [0.05, 0.1) is 31.5 Å². The Kier molecular flexibility index (Phi) is 7.08. The van der Waals surface area contributed by atoms with Crippen molar-refractivity contribution in [1.29, 1.82) is 0 Å². The maximum Gasteiger partial charge on any atom is 0.226 e. The Bertz CT molecular complexity index is 1340. The average molecular weight is 502 g/mol. The summed E-state index contributed by atoms with van der Waals surface area (Å²) in [7, 11) is 3.24. The maximum atomic E-state index is 12.6. The third-order valence-corrected chi connectivity index (χ3v) is 7.10. The van der Waals surface area contributed by atoms with E-state index in [9.17, 15) is 4.79 Å². The average Bonchev–Trinajstić information content (AvgIpc) is 3.37. The van der Waals surface area contributed by atoms with E-state index in [2.05, 4.69) is 20.2 Å². The Morgan fingerprint density at radius 1 is 1.03 bits per heavy atom. The second-order valence-corrected chi connectivity index (χ2v) is 9.34. The van der Waals surface area contributed by atoms with Crippen molar-refractivity contribution in [2.24, 2.45) is 5.92 Å². The van der Waals surface area contributed by atoms with Gasteiger partial charge in [-0.2, -0.15) is 0 Å². The topological polar surface area (TPSA) is 89.5 Å². The van der Waals surface area contributed by atoms with Crippen LogP contribution in [0.1, 0.15) is 5.69 Å². The number of amides is 1. The van der Waals surface area contributed by atoms with E-state index in [-0.39, 0.29) is 11.8 Å². The molecule has 2 aromatic heterocycles. The largest absolute Gasteiger partial charge is 0.493 e. The summed E-state index contributed by atoms with van der Waals surface area (Å²) in [6, 6.07) is 17.8. The zero-order valence-electron chi connectivity index (χ0n) is 20.2. The van der Waals surface area contributed by atoms with Crippen LogP contribution < -0.4 is 19.7 Å². The lowest BCUT2D eigenvalue weighted by molar-refractivity contribution is -0.125. The second-order valence-electron chi connectivity index (χ2n) is 8.48. The summed E-state index contributed by atoms with van der Waals surface area (Å²) in [6.07, 6.45) is 2.26. The highest BCUT2D eigenvalue weighted by molar-refractivity contribution is 7.13. The minimum atomic E-state index is -0.0436. The molecule has 36 heavy (non-hydrogen) atoms. The molecule has 8 nitrogen and oxygen atoms in total. The standard InChI is InChI=1S/C27H27N5O3S/c1-34-23-9-8-19(12-24(23)35-2)27-31-21(16-36-27)10-11-28-26(33)20-14-32(15-20)25-13-22(29-17-30-25)18-6-4-3-5-7-18/h3-9,12-13,16-17,20H,10-11,14-15H2,1-2H3,(H,28,33). The number of nitrogens with zero attached hydrogens (tertiary/aromatic N) is 4. The molecule has 0 saturated carbocycles. The van der Waals surface area contributed by atoms with Crippen LogP contribution in [-0.2, 0) is 11.2 Å². The minimum absolute atomic E-state index is 0.0436. The summed E-state index contributed by atoms with van der Waals surface area (Å²) >= 11 is 1.57. The molecule has 0 unspecified atom stereocenters. The molecule has 1 aliphatic heterocycles.